The van der Waals surface area contributed by atoms with Crippen molar-refractivity contribution >= 4 is 5.91 Å². The number of hydrogen-bond donors (Lipinski definition) is 1. The van der Waals surface area contributed by atoms with Crippen molar-refractivity contribution in [3.63, 3.8) is 0 Å². The molecule has 0 spiro atoms. The summed E-state index contributed by atoms with van der Waals surface area (Å²) in [6.45, 7) is 6.08. The number of carbonyl (C=O) groups excluding carboxylic acids is 1. The number of aryl methyl sites for hydroxylation is 1. The molecule has 1 aromatic carbocycles. The van der Waals surface area contributed by atoms with E-state index in [0.29, 0.717) is 5.56 Å². The zero-order chi connectivity index (χ0) is 13.4. The number of amides is 1. The van der Waals surface area contributed by atoms with E-state index >= 15 is 0 Å². The first kappa shape index (κ1) is 13.9. The second kappa shape index (κ2) is 7.21. The van der Waals surface area contributed by atoms with E-state index in [1.54, 1.807) is 12.1 Å². The number of aromatic nitrogens is 3. The number of nitrogens with zero attached hydrogens (tertiary/aromatic N) is 3. The first-order valence-corrected chi connectivity index (χ1v) is 6.04. The molecule has 0 saturated carbocycles. The van der Waals surface area contributed by atoms with Crippen LogP contribution >= 0.6 is 0 Å². The van der Waals surface area contributed by atoms with E-state index in [1.807, 2.05) is 26.0 Å². The van der Waals surface area contributed by atoms with Crippen LogP contribution in [0, 0.1) is 0 Å². The maximum absolute atomic E-state index is 11.7. The van der Waals surface area contributed by atoms with Crippen LogP contribution in [0.4, 0.5) is 0 Å². The topological polar surface area (TPSA) is 59.8 Å². The Morgan fingerprint density at radius 3 is 2.22 bits per heavy atom. The average Bonchev–Trinajstić information content (AvgIpc) is 2.94. The van der Waals surface area contributed by atoms with Crippen LogP contribution in [-0.2, 0) is 6.42 Å². The smallest absolute Gasteiger partial charge is 0.267 e. The molecule has 0 fully saturated rings. The first-order valence-electron chi connectivity index (χ1n) is 6.04. The van der Waals surface area contributed by atoms with E-state index in [0.717, 1.165) is 6.42 Å². The van der Waals surface area contributed by atoms with Gasteiger partial charge in [-0.25, -0.2) is 4.68 Å². The molecule has 18 heavy (non-hydrogen) atoms. The summed E-state index contributed by atoms with van der Waals surface area (Å²) in [7, 11) is 0. The second-order valence-corrected chi connectivity index (χ2v) is 3.36. The molecule has 2 rings (SSSR count). The van der Waals surface area contributed by atoms with Gasteiger partial charge in [0.15, 0.2) is 0 Å². The summed E-state index contributed by atoms with van der Waals surface area (Å²) >= 11 is 0. The summed E-state index contributed by atoms with van der Waals surface area (Å²) < 4.78 is 1.41. The zero-order valence-electron chi connectivity index (χ0n) is 10.9. The summed E-state index contributed by atoms with van der Waals surface area (Å²) in [6, 6.07) is 7.50. The molecular formula is C13H18N4O. The summed E-state index contributed by atoms with van der Waals surface area (Å²) in [5, 5.41) is 7.19. The Hall–Kier alpha value is -2.17. The molecule has 1 N–H and O–H groups in total. The van der Waals surface area contributed by atoms with E-state index < -0.39 is 0 Å². The molecule has 0 aliphatic carbocycles. The van der Waals surface area contributed by atoms with Gasteiger partial charge >= 0.3 is 0 Å². The van der Waals surface area contributed by atoms with Crippen molar-refractivity contribution in [2.45, 2.75) is 27.2 Å². The van der Waals surface area contributed by atoms with E-state index in [9.17, 15) is 4.79 Å². The molecule has 0 aliphatic rings. The molecule has 5 heteroatoms. The number of benzene rings is 1. The highest BCUT2D eigenvalue weighted by atomic mass is 16.2. The highest BCUT2D eigenvalue weighted by Gasteiger charge is 2.04. The molecule has 0 radical (unpaired) electrons. The molecule has 0 saturated heterocycles. The van der Waals surface area contributed by atoms with Crippen molar-refractivity contribution in [2.24, 2.45) is 0 Å². The minimum absolute atomic E-state index is 0.178. The van der Waals surface area contributed by atoms with Gasteiger partial charge in [0, 0.05) is 5.56 Å². The third kappa shape index (κ3) is 3.69. The Morgan fingerprint density at radius 1 is 1.17 bits per heavy atom. The van der Waals surface area contributed by atoms with Crippen LogP contribution in [-0.4, -0.2) is 20.8 Å². The normalized spacial score (nSPS) is 9.28. The second-order valence-electron chi connectivity index (χ2n) is 3.36. The van der Waals surface area contributed by atoms with Gasteiger partial charge in [-0.15, -0.1) is 10.2 Å². The average molecular weight is 246 g/mol. The third-order valence-corrected chi connectivity index (χ3v) is 2.27. The minimum atomic E-state index is -0.178. The van der Waals surface area contributed by atoms with E-state index in [2.05, 4.69) is 22.5 Å². The molecule has 2 aromatic rings. The van der Waals surface area contributed by atoms with Gasteiger partial charge in [-0.2, -0.15) is 0 Å². The van der Waals surface area contributed by atoms with Crippen molar-refractivity contribution in [1.29, 1.82) is 0 Å². The molecule has 96 valence electrons. The minimum Gasteiger partial charge on any atom is -0.267 e. The summed E-state index contributed by atoms with van der Waals surface area (Å²) in [6.07, 6.45) is 3.82. The number of nitrogens with one attached hydrogen (secondary N) is 1. The van der Waals surface area contributed by atoms with Gasteiger partial charge in [-0.1, -0.05) is 32.9 Å². The van der Waals surface area contributed by atoms with Crippen LogP contribution in [0.2, 0.25) is 0 Å². The van der Waals surface area contributed by atoms with Crippen LogP contribution in [0.25, 0.3) is 0 Å². The number of rotatable bonds is 3. The lowest BCUT2D eigenvalue weighted by Crippen LogP contribution is -2.21. The monoisotopic (exact) mass is 246 g/mol. The number of carbonyl (C=O) groups is 1. The fourth-order valence-corrected chi connectivity index (χ4v) is 1.33. The molecule has 1 heterocycles. The van der Waals surface area contributed by atoms with Gasteiger partial charge in [0.2, 0.25) is 0 Å². The zero-order valence-corrected chi connectivity index (χ0v) is 10.9. The SMILES string of the molecule is CC.CCc1ccc(C(=O)Nn2cnnc2)cc1. The van der Waals surface area contributed by atoms with Gasteiger partial charge in [-0.3, -0.25) is 10.2 Å². The van der Waals surface area contributed by atoms with Crippen molar-refractivity contribution in [1.82, 2.24) is 14.9 Å². The van der Waals surface area contributed by atoms with Crippen LogP contribution in [0.1, 0.15) is 36.7 Å². The quantitative estimate of drug-likeness (QED) is 0.903. The Bertz CT molecular complexity index is 462. The van der Waals surface area contributed by atoms with Crippen molar-refractivity contribution in [2.75, 3.05) is 5.43 Å². The molecule has 5 nitrogen and oxygen atoms in total. The highest BCUT2D eigenvalue weighted by molar-refractivity contribution is 5.99. The fraction of sp³-hybridized carbons (Fsp3) is 0.308. The van der Waals surface area contributed by atoms with Gasteiger partial charge in [0.05, 0.1) is 0 Å². The molecule has 1 aromatic heterocycles. The van der Waals surface area contributed by atoms with Gasteiger partial charge in [-0.05, 0) is 24.1 Å². The Balaban J connectivity index is 0.000000771. The lowest BCUT2D eigenvalue weighted by molar-refractivity contribution is 0.101. The fourth-order valence-electron chi connectivity index (χ4n) is 1.33. The van der Waals surface area contributed by atoms with Crippen LogP contribution < -0.4 is 5.43 Å². The molecule has 0 bridgehead atoms. The van der Waals surface area contributed by atoms with E-state index in [1.165, 1.54) is 22.9 Å². The predicted molar refractivity (Wildman–Crippen MR) is 70.9 cm³/mol. The van der Waals surface area contributed by atoms with Gasteiger partial charge in [0.25, 0.3) is 5.91 Å². The van der Waals surface area contributed by atoms with E-state index in [4.69, 9.17) is 0 Å². The lowest BCUT2D eigenvalue weighted by atomic mass is 10.1. The predicted octanol–water partition coefficient (Wildman–Crippen LogP) is 2.25. The summed E-state index contributed by atoms with van der Waals surface area (Å²) in [5.41, 5.74) is 4.45. The molecule has 0 unspecified atom stereocenters. The Labute approximate surface area is 107 Å². The first-order chi connectivity index (χ1) is 8.79. The highest BCUT2D eigenvalue weighted by Crippen LogP contribution is 2.05. The third-order valence-electron chi connectivity index (χ3n) is 2.27. The summed E-state index contributed by atoms with van der Waals surface area (Å²) in [5.74, 6) is -0.178. The van der Waals surface area contributed by atoms with Gasteiger partial charge < -0.3 is 0 Å². The maximum atomic E-state index is 11.7. The van der Waals surface area contributed by atoms with Crippen LogP contribution in [0.3, 0.4) is 0 Å². The van der Waals surface area contributed by atoms with Crippen molar-refractivity contribution in [3.8, 4) is 0 Å². The Kier molecular flexibility index (Phi) is 5.57. The largest absolute Gasteiger partial charge is 0.270 e. The van der Waals surface area contributed by atoms with Crippen molar-refractivity contribution < 1.29 is 4.79 Å². The standard InChI is InChI=1S/C11H12N4O.C2H6/c1-2-9-3-5-10(6-4-9)11(16)14-15-7-12-13-8-15;1-2/h3-8H,2H2,1H3,(H,14,16);1-2H3. The molecule has 1 amide bonds. The number of hydrogen-bond acceptors (Lipinski definition) is 3. The summed E-state index contributed by atoms with van der Waals surface area (Å²) in [4.78, 5) is 11.7. The van der Waals surface area contributed by atoms with Gasteiger partial charge in [0.1, 0.15) is 12.7 Å². The van der Waals surface area contributed by atoms with Crippen LogP contribution in [0.15, 0.2) is 36.9 Å². The van der Waals surface area contributed by atoms with Crippen LogP contribution in [0.5, 0.6) is 0 Å². The molecule has 0 aliphatic heterocycles. The molecule has 0 atom stereocenters. The van der Waals surface area contributed by atoms with E-state index in [-0.39, 0.29) is 5.91 Å². The lowest BCUT2D eigenvalue weighted by Gasteiger charge is -2.04. The maximum Gasteiger partial charge on any atom is 0.270 e. The molecular weight excluding hydrogens is 228 g/mol. The van der Waals surface area contributed by atoms with Crippen molar-refractivity contribution in [3.05, 3.63) is 48.0 Å². The Morgan fingerprint density at radius 2 is 1.72 bits per heavy atom.